The van der Waals surface area contributed by atoms with E-state index in [1.165, 1.54) is 0 Å². The first-order chi connectivity index (χ1) is 18.1. The molecule has 0 unspecified atom stereocenters. The van der Waals surface area contributed by atoms with Crippen LogP contribution in [0.3, 0.4) is 0 Å². The Morgan fingerprint density at radius 2 is 0.897 bits per heavy atom. The van der Waals surface area contributed by atoms with E-state index in [2.05, 4.69) is 6.58 Å². The Hall–Kier alpha value is -4.75. The second kappa shape index (κ2) is 23.6. The first-order valence-corrected chi connectivity index (χ1v) is 11.2. The van der Waals surface area contributed by atoms with Gasteiger partial charge in [0.2, 0.25) is 0 Å². The Balaban J connectivity index is -0.000000492. The predicted molar refractivity (Wildman–Crippen MR) is 117 cm³/mol. The Labute approximate surface area is 223 Å². The van der Waals surface area contributed by atoms with E-state index in [4.69, 9.17) is 0 Å². The van der Waals surface area contributed by atoms with E-state index in [-0.39, 0.29) is 12.8 Å². The van der Waals surface area contributed by atoms with Crippen molar-refractivity contribution in [2.75, 3.05) is 0 Å². The third kappa shape index (κ3) is 26.1. The number of allylic oxidation sites excluding steroid dienone is 1. The zero-order valence-electron chi connectivity index (χ0n) is 21.1. The lowest BCUT2D eigenvalue weighted by Crippen LogP contribution is -2.31. The molecule has 0 amide bonds. The largest absolute Gasteiger partial charge is 0.550 e. The van der Waals surface area contributed by atoms with E-state index in [1.807, 2.05) is 6.92 Å². The molecule has 218 valence electrons. The van der Waals surface area contributed by atoms with Crippen LogP contribution in [0.15, 0.2) is 30.9 Å². The number of aromatic carboxylic acids is 3. The summed E-state index contributed by atoms with van der Waals surface area (Å²) in [6, 6.07) is 2.37. The molecule has 0 heterocycles. The molecule has 0 saturated heterocycles. The lowest BCUT2D eigenvalue weighted by molar-refractivity contribution is -0.315. The molecule has 0 aliphatic heterocycles. The molecule has 1 aromatic rings. The standard InChI is InChI=1S/C9H6O6.C9H16O4.C4H6O4.C3H6/c10-7(11)4-1-2-5(8(12)13)6(3-4)9(14)15;10-8(11)6-4-2-1-3-5-7-9(12)13;5-3(6)1-2-4(7)8;1-3-2/h1-3H,(H,10,11)(H,12,13)(H,14,15);1-7H2,(H,10,11)(H,12,13);1-2H2,(H,5,6)(H,7,8);3H,1H2,2H3/p-7. The van der Waals surface area contributed by atoms with Gasteiger partial charge in [-0.3, -0.25) is 0 Å². The molecule has 39 heavy (non-hydrogen) atoms. The third-order valence-electron chi connectivity index (χ3n) is 3.99. The molecule has 0 N–H and O–H groups in total. The maximum atomic E-state index is 10.5. The SMILES string of the molecule is C=CC.O=C([O-])CCC(=O)[O-].O=C([O-])CCCCCCCC(=O)[O-].O=C([O-])c1ccc(C(=O)[O-])c(C(=O)[O-])c1. The minimum Gasteiger partial charge on any atom is -0.550 e. The molecule has 0 aliphatic rings. The average Bonchev–Trinajstić information content (AvgIpc) is 2.82. The van der Waals surface area contributed by atoms with Crippen molar-refractivity contribution in [3.05, 3.63) is 47.5 Å². The fraction of sp³-hybridized carbons (Fsp3) is 0.400. The molecule has 0 radical (unpaired) electrons. The topological polar surface area (TPSA) is 281 Å². The Bertz CT molecular complexity index is 949. The van der Waals surface area contributed by atoms with Gasteiger partial charge in [-0.25, -0.2) is 0 Å². The van der Waals surface area contributed by atoms with Crippen LogP contribution < -0.4 is 35.7 Å². The summed E-state index contributed by atoms with van der Waals surface area (Å²) in [5.41, 5.74) is -1.84. The first kappa shape index (κ1) is 38.8. The zero-order valence-corrected chi connectivity index (χ0v) is 21.1. The van der Waals surface area contributed by atoms with Crippen molar-refractivity contribution in [2.24, 2.45) is 0 Å². The van der Waals surface area contributed by atoms with Gasteiger partial charge in [0.1, 0.15) is 0 Å². The number of carbonyl (C=O) groups excluding carboxylic acids is 7. The quantitative estimate of drug-likeness (QED) is 0.154. The maximum absolute atomic E-state index is 10.5. The molecule has 0 atom stereocenters. The number of benzene rings is 1. The zero-order chi connectivity index (χ0) is 31.0. The van der Waals surface area contributed by atoms with Gasteiger partial charge < -0.3 is 69.3 Å². The van der Waals surface area contributed by atoms with Crippen molar-refractivity contribution in [2.45, 2.75) is 64.7 Å². The van der Waals surface area contributed by atoms with Gasteiger partial charge >= 0.3 is 0 Å². The number of carbonyl (C=O) groups is 7. The molecular formula is C25H27O14-7. The third-order valence-corrected chi connectivity index (χ3v) is 3.99. The Morgan fingerprint density at radius 1 is 0.564 bits per heavy atom. The first-order valence-electron chi connectivity index (χ1n) is 11.2. The fourth-order valence-electron chi connectivity index (χ4n) is 2.29. The van der Waals surface area contributed by atoms with E-state index in [9.17, 15) is 69.3 Å². The Kier molecular flexibility index (Phi) is 23.5. The predicted octanol–water partition coefficient (Wildman–Crippen LogP) is -5.55. The highest BCUT2D eigenvalue weighted by molar-refractivity contribution is 6.02. The van der Waals surface area contributed by atoms with E-state index in [0.717, 1.165) is 31.4 Å². The van der Waals surface area contributed by atoms with Gasteiger partial charge in [0.05, 0.1) is 17.9 Å². The molecule has 0 fully saturated rings. The molecule has 1 aromatic carbocycles. The van der Waals surface area contributed by atoms with E-state index < -0.39 is 71.3 Å². The molecule has 14 heteroatoms. The summed E-state index contributed by atoms with van der Waals surface area (Å²) in [5.74, 6) is -9.90. The number of rotatable bonds is 14. The van der Waals surface area contributed by atoms with Crippen LogP contribution in [0.4, 0.5) is 0 Å². The smallest absolute Gasteiger partial charge is 0.0722 e. The van der Waals surface area contributed by atoms with Crippen molar-refractivity contribution in [1.29, 1.82) is 0 Å². The molecule has 0 aromatic heterocycles. The summed E-state index contributed by atoms with van der Waals surface area (Å²) in [7, 11) is 0. The summed E-state index contributed by atoms with van der Waals surface area (Å²) in [5, 5.41) is 70.3. The summed E-state index contributed by atoms with van der Waals surface area (Å²) < 4.78 is 0. The highest BCUT2D eigenvalue weighted by Gasteiger charge is 2.06. The Morgan fingerprint density at radius 3 is 1.18 bits per heavy atom. The minimum absolute atomic E-state index is 0.0977. The molecular weight excluding hydrogens is 524 g/mol. The van der Waals surface area contributed by atoms with E-state index >= 15 is 0 Å². The van der Waals surface area contributed by atoms with Crippen LogP contribution in [0, 0.1) is 0 Å². The number of unbranched alkanes of at least 4 members (excludes halogenated alkanes) is 4. The summed E-state index contributed by atoms with van der Waals surface area (Å²) in [6.45, 7) is 5.25. The van der Waals surface area contributed by atoms with Crippen LogP contribution in [0.25, 0.3) is 0 Å². The van der Waals surface area contributed by atoms with Gasteiger partial charge in [-0.15, -0.1) is 6.58 Å². The number of hydrogen-bond acceptors (Lipinski definition) is 14. The second-order valence-corrected chi connectivity index (χ2v) is 7.29. The van der Waals surface area contributed by atoms with Crippen LogP contribution in [-0.2, 0) is 19.2 Å². The fourth-order valence-corrected chi connectivity index (χ4v) is 2.29. The average molecular weight is 551 g/mol. The highest BCUT2D eigenvalue weighted by Crippen LogP contribution is 2.10. The van der Waals surface area contributed by atoms with Crippen LogP contribution in [0.5, 0.6) is 0 Å². The lowest BCUT2D eigenvalue weighted by atomic mass is 10.0. The summed E-state index contributed by atoms with van der Waals surface area (Å²) in [6.07, 6.45) is 4.76. The van der Waals surface area contributed by atoms with Crippen molar-refractivity contribution in [3.63, 3.8) is 0 Å². The number of hydrogen-bond donors (Lipinski definition) is 0. The van der Waals surface area contributed by atoms with Gasteiger partial charge in [0, 0.05) is 35.0 Å². The summed E-state index contributed by atoms with van der Waals surface area (Å²) >= 11 is 0. The van der Waals surface area contributed by atoms with E-state index in [1.54, 1.807) is 6.08 Å². The van der Waals surface area contributed by atoms with Crippen molar-refractivity contribution in [1.82, 2.24) is 0 Å². The molecule has 0 aliphatic carbocycles. The lowest BCUT2D eigenvalue weighted by Gasteiger charge is -2.13. The molecule has 0 bridgehead atoms. The minimum atomic E-state index is -1.79. The molecule has 1 rings (SSSR count). The number of aliphatic carboxylic acids is 4. The van der Waals surface area contributed by atoms with Gasteiger partial charge in [0.25, 0.3) is 0 Å². The van der Waals surface area contributed by atoms with Crippen LogP contribution in [0.1, 0.15) is 95.8 Å². The highest BCUT2D eigenvalue weighted by atomic mass is 16.4. The molecule has 0 spiro atoms. The van der Waals surface area contributed by atoms with Gasteiger partial charge in [-0.05, 0) is 57.1 Å². The number of carboxylic acid groups (broad SMARTS) is 7. The van der Waals surface area contributed by atoms with Crippen LogP contribution in [0.2, 0.25) is 0 Å². The van der Waals surface area contributed by atoms with Crippen LogP contribution in [-0.4, -0.2) is 41.8 Å². The van der Waals surface area contributed by atoms with Gasteiger partial charge in [-0.1, -0.05) is 37.5 Å². The normalized spacial score (nSPS) is 9.05. The molecule has 14 nitrogen and oxygen atoms in total. The van der Waals surface area contributed by atoms with E-state index in [0.29, 0.717) is 18.9 Å². The van der Waals surface area contributed by atoms with Gasteiger partial charge in [0.15, 0.2) is 0 Å². The second-order valence-electron chi connectivity index (χ2n) is 7.29. The monoisotopic (exact) mass is 551 g/mol. The van der Waals surface area contributed by atoms with Gasteiger partial charge in [-0.2, -0.15) is 0 Å². The number of carboxylic acids is 7. The van der Waals surface area contributed by atoms with Crippen molar-refractivity contribution >= 4 is 41.8 Å². The molecule has 0 saturated carbocycles. The van der Waals surface area contributed by atoms with Crippen molar-refractivity contribution in [3.8, 4) is 0 Å². The van der Waals surface area contributed by atoms with Crippen LogP contribution >= 0.6 is 0 Å². The van der Waals surface area contributed by atoms with Crippen molar-refractivity contribution < 1.29 is 69.3 Å². The summed E-state index contributed by atoms with van der Waals surface area (Å²) in [4.78, 5) is 70.3. The maximum Gasteiger partial charge on any atom is 0.0722 e.